The minimum absolute atomic E-state index is 0.136. The van der Waals surface area contributed by atoms with E-state index in [-0.39, 0.29) is 6.10 Å². The normalized spacial score (nSPS) is 45.8. The average molecular weight is 162 g/mol. The van der Waals surface area contributed by atoms with Gasteiger partial charge < -0.3 is 20.1 Å². The molecule has 1 rings (SSSR count). The summed E-state index contributed by atoms with van der Waals surface area (Å²) in [5.74, 6) is 0. The van der Waals surface area contributed by atoms with Crippen molar-refractivity contribution in [3.8, 4) is 0 Å². The van der Waals surface area contributed by atoms with Gasteiger partial charge in [-0.1, -0.05) is 6.92 Å². The molecule has 4 heteroatoms. The molecule has 0 aromatic rings. The highest BCUT2D eigenvalue weighted by molar-refractivity contribution is 4.79. The van der Waals surface area contributed by atoms with Crippen molar-refractivity contribution in [1.29, 1.82) is 0 Å². The Kier molecular flexibility index (Phi) is 2.84. The number of hydrogen-bond donors (Lipinski definition) is 3. The van der Waals surface area contributed by atoms with Gasteiger partial charge in [-0.2, -0.15) is 0 Å². The topological polar surface area (TPSA) is 69.9 Å². The maximum absolute atomic E-state index is 9.16. The summed E-state index contributed by atoms with van der Waals surface area (Å²) in [6.07, 6.45) is -2.25. The van der Waals surface area contributed by atoms with Crippen molar-refractivity contribution in [1.82, 2.24) is 0 Å². The standard InChI is InChI=1S/C7H14O4/c1-2-4-3-5(8)6(9)7(10)11-4/h4-10H,2-3H2,1H3/t4?,5-,6-,7?/m1/s1. The molecule has 2 unspecified atom stereocenters. The quantitative estimate of drug-likeness (QED) is 0.473. The second-order valence-electron chi connectivity index (χ2n) is 2.85. The first-order chi connectivity index (χ1) is 5.15. The largest absolute Gasteiger partial charge is 0.390 e. The third kappa shape index (κ3) is 1.90. The highest BCUT2D eigenvalue weighted by Gasteiger charge is 2.34. The Morgan fingerprint density at radius 3 is 2.45 bits per heavy atom. The zero-order valence-corrected chi connectivity index (χ0v) is 6.47. The molecule has 0 bridgehead atoms. The van der Waals surface area contributed by atoms with Gasteiger partial charge in [-0.3, -0.25) is 0 Å². The molecule has 1 aliphatic heterocycles. The molecule has 1 heterocycles. The van der Waals surface area contributed by atoms with Crippen molar-refractivity contribution in [3.63, 3.8) is 0 Å². The highest BCUT2D eigenvalue weighted by atomic mass is 16.6. The maximum Gasteiger partial charge on any atom is 0.183 e. The summed E-state index contributed by atoms with van der Waals surface area (Å²) in [6, 6.07) is 0. The first-order valence-corrected chi connectivity index (χ1v) is 3.84. The third-order valence-corrected chi connectivity index (χ3v) is 1.98. The molecule has 0 radical (unpaired) electrons. The molecule has 1 fully saturated rings. The van der Waals surface area contributed by atoms with Crippen LogP contribution in [0.2, 0.25) is 0 Å². The fourth-order valence-electron chi connectivity index (χ4n) is 1.19. The number of aliphatic hydroxyl groups excluding tert-OH is 3. The van der Waals surface area contributed by atoms with Crippen LogP contribution < -0.4 is 0 Å². The lowest BCUT2D eigenvalue weighted by Crippen LogP contribution is -2.47. The van der Waals surface area contributed by atoms with Gasteiger partial charge in [0.25, 0.3) is 0 Å². The second kappa shape index (κ2) is 3.49. The molecule has 66 valence electrons. The van der Waals surface area contributed by atoms with E-state index < -0.39 is 18.5 Å². The summed E-state index contributed by atoms with van der Waals surface area (Å²) in [4.78, 5) is 0. The molecule has 1 saturated heterocycles. The van der Waals surface area contributed by atoms with Crippen LogP contribution in [-0.2, 0) is 4.74 Å². The molecular formula is C7H14O4. The summed E-state index contributed by atoms with van der Waals surface area (Å²) >= 11 is 0. The average Bonchev–Trinajstić information content (AvgIpc) is 1.99. The lowest BCUT2D eigenvalue weighted by Gasteiger charge is -2.33. The fraction of sp³-hybridized carbons (Fsp3) is 1.00. The van der Waals surface area contributed by atoms with Gasteiger partial charge in [-0.15, -0.1) is 0 Å². The summed E-state index contributed by atoms with van der Waals surface area (Å²) < 4.78 is 4.96. The molecule has 0 aromatic heterocycles. The molecule has 0 amide bonds. The Labute approximate surface area is 65.4 Å². The van der Waals surface area contributed by atoms with Gasteiger partial charge in [0.05, 0.1) is 12.2 Å². The van der Waals surface area contributed by atoms with Crippen LogP contribution in [0.1, 0.15) is 19.8 Å². The van der Waals surface area contributed by atoms with Crippen LogP contribution in [0.4, 0.5) is 0 Å². The van der Waals surface area contributed by atoms with Gasteiger partial charge in [-0.25, -0.2) is 0 Å². The molecule has 4 atom stereocenters. The minimum Gasteiger partial charge on any atom is -0.390 e. The summed E-state index contributed by atoms with van der Waals surface area (Å²) in [5, 5.41) is 27.2. The second-order valence-corrected chi connectivity index (χ2v) is 2.85. The van der Waals surface area contributed by atoms with Gasteiger partial charge in [0, 0.05) is 6.42 Å². The van der Waals surface area contributed by atoms with Crippen LogP contribution >= 0.6 is 0 Å². The number of rotatable bonds is 1. The van der Waals surface area contributed by atoms with E-state index in [0.29, 0.717) is 6.42 Å². The molecule has 11 heavy (non-hydrogen) atoms. The Morgan fingerprint density at radius 1 is 1.36 bits per heavy atom. The highest BCUT2D eigenvalue weighted by Crippen LogP contribution is 2.20. The van der Waals surface area contributed by atoms with Gasteiger partial charge in [0.15, 0.2) is 6.29 Å². The fourth-order valence-corrected chi connectivity index (χ4v) is 1.19. The molecule has 0 aromatic carbocycles. The third-order valence-electron chi connectivity index (χ3n) is 1.98. The first kappa shape index (κ1) is 8.93. The lowest BCUT2D eigenvalue weighted by atomic mass is 10.0. The predicted molar refractivity (Wildman–Crippen MR) is 37.8 cm³/mol. The van der Waals surface area contributed by atoms with Crippen molar-refractivity contribution in [2.75, 3.05) is 0 Å². The summed E-state index contributed by atoms with van der Waals surface area (Å²) in [6.45, 7) is 1.90. The van der Waals surface area contributed by atoms with Crippen molar-refractivity contribution in [2.24, 2.45) is 0 Å². The van der Waals surface area contributed by atoms with E-state index in [1.807, 2.05) is 6.92 Å². The molecule has 0 aliphatic carbocycles. The monoisotopic (exact) mass is 162 g/mol. The summed E-state index contributed by atoms with van der Waals surface area (Å²) in [5.41, 5.74) is 0. The first-order valence-electron chi connectivity index (χ1n) is 3.84. The Balaban J connectivity index is 2.47. The van der Waals surface area contributed by atoms with Crippen LogP contribution in [0, 0.1) is 0 Å². The van der Waals surface area contributed by atoms with Gasteiger partial charge in [-0.05, 0) is 6.42 Å². The zero-order chi connectivity index (χ0) is 8.43. The Morgan fingerprint density at radius 2 is 2.00 bits per heavy atom. The van der Waals surface area contributed by atoms with Crippen LogP contribution in [-0.4, -0.2) is 39.9 Å². The zero-order valence-electron chi connectivity index (χ0n) is 6.47. The SMILES string of the molecule is CCC1C[C@@H](O)[C@@H](O)C(O)O1. The number of hydrogen-bond acceptors (Lipinski definition) is 4. The van der Waals surface area contributed by atoms with E-state index in [2.05, 4.69) is 0 Å². The van der Waals surface area contributed by atoms with E-state index in [1.54, 1.807) is 0 Å². The molecular weight excluding hydrogens is 148 g/mol. The smallest absolute Gasteiger partial charge is 0.183 e. The maximum atomic E-state index is 9.16. The molecule has 4 nitrogen and oxygen atoms in total. The minimum atomic E-state index is -1.23. The van der Waals surface area contributed by atoms with Crippen LogP contribution in [0.5, 0.6) is 0 Å². The van der Waals surface area contributed by atoms with Crippen molar-refractivity contribution < 1.29 is 20.1 Å². The van der Waals surface area contributed by atoms with Gasteiger partial charge in [0.2, 0.25) is 0 Å². The van der Waals surface area contributed by atoms with Gasteiger partial charge in [0.1, 0.15) is 6.10 Å². The molecule has 1 aliphatic rings. The lowest BCUT2D eigenvalue weighted by molar-refractivity contribution is -0.246. The van der Waals surface area contributed by atoms with Gasteiger partial charge >= 0.3 is 0 Å². The van der Waals surface area contributed by atoms with Crippen molar-refractivity contribution in [2.45, 2.75) is 44.4 Å². The summed E-state index contributed by atoms with van der Waals surface area (Å²) in [7, 11) is 0. The molecule has 0 spiro atoms. The van der Waals surface area contributed by atoms with E-state index in [1.165, 1.54) is 0 Å². The molecule has 3 N–H and O–H groups in total. The van der Waals surface area contributed by atoms with Crippen LogP contribution in [0.25, 0.3) is 0 Å². The Hall–Kier alpha value is -0.160. The predicted octanol–water partition coefficient (Wildman–Crippen LogP) is -0.775. The number of ether oxygens (including phenoxy) is 1. The van der Waals surface area contributed by atoms with Crippen LogP contribution in [0.3, 0.4) is 0 Å². The molecule has 0 saturated carbocycles. The van der Waals surface area contributed by atoms with E-state index >= 15 is 0 Å². The van der Waals surface area contributed by atoms with Crippen molar-refractivity contribution in [3.05, 3.63) is 0 Å². The van der Waals surface area contributed by atoms with E-state index in [9.17, 15) is 0 Å². The number of aliphatic hydroxyl groups is 3. The van der Waals surface area contributed by atoms with E-state index in [0.717, 1.165) is 6.42 Å². The van der Waals surface area contributed by atoms with E-state index in [4.69, 9.17) is 20.1 Å². The van der Waals surface area contributed by atoms with Crippen molar-refractivity contribution >= 4 is 0 Å². The van der Waals surface area contributed by atoms with Crippen LogP contribution in [0.15, 0.2) is 0 Å². The Bertz CT molecular complexity index is 116.